The van der Waals surface area contributed by atoms with Crippen molar-refractivity contribution in [3.63, 3.8) is 0 Å². The molecule has 8 nitrogen and oxygen atoms in total. The Bertz CT molecular complexity index is 1260. The van der Waals surface area contributed by atoms with Crippen molar-refractivity contribution in [2.45, 2.75) is 25.5 Å². The lowest BCUT2D eigenvalue weighted by Crippen LogP contribution is -2.45. The van der Waals surface area contributed by atoms with E-state index >= 15 is 0 Å². The predicted octanol–water partition coefficient (Wildman–Crippen LogP) is 4.44. The number of benzene rings is 2. The number of carbonyl (C=O) groups excluding carboxylic acids is 2. The molecule has 1 aromatic heterocycles. The Morgan fingerprint density at radius 1 is 1.00 bits per heavy atom. The second kappa shape index (κ2) is 11.4. The molecule has 1 N–H and O–H groups in total. The highest BCUT2D eigenvalue weighted by Crippen LogP contribution is 2.30. The number of aryl methyl sites for hydroxylation is 1. The number of aromatic nitrogens is 1. The Morgan fingerprint density at radius 2 is 1.81 bits per heavy atom. The Labute approximate surface area is 208 Å². The van der Waals surface area contributed by atoms with E-state index in [2.05, 4.69) is 15.3 Å². The first-order valence-corrected chi connectivity index (χ1v) is 11.4. The monoisotopic (exact) mass is 491 g/mol. The fourth-order valence-electron chi connectivity index (χ4n) is 4.07. The highest BCUT2D eigenvalue weighted by Gasteiger charge is 2.39. The van der Waals surface area contributed by atoms with E-state index in [9.17, 15) is 14.0 Å². The molecule has 0 radical (unpaired) electrons. The summed E-state index contributed by atoms with van der Waals surface area (Å²) in [6.45, 7) is -0.113. The molecular weight excluding hydrogens is 465 g/mol. The molecule has 2 atom stereocenters. The summed E-state index contributed by atoms with van der Waals surface area (Å²) in [5.41, 5.74) is 2.48. The topological polar surface area (TPSA) is 99.1 Å². The average Bonchev–Trinajstić information content (AvgIpc) is 2.90. The number of ether oxygens (including phenoxy) is 3. The summed E-state index contributed by atoms with van der Waals surface area (Å²) >= 11 is 0. The average molecular weight is 492 g/mol. The first-order chi connectivity index (χ1) is 17.5. The smallest absolute Gasteiger partial charge is 0.341 e. The van der Waals surface area contributed by atoms with Gasteiger partial charge in [0, 0.05) is 18.0 Å². The van der Waals surface area contributed by atoms with Gasteiger partial charge in [-0.3, -0.25) is 4.79 Å². The fourth-order valence-corrected chi connectivity index (χ4v) is 4.07. The minimum Gasteiger partial charge on any atom is -0.497 e. The normalized spacial score (nSPS) is 17.1. The first kappa shape index (κ1) is 24.8. The van der Waals surface area contributed by atoms with Gasteiger partial charge in [0.05, 0.1) is 20.3 Å². The molecule has 2 amide bonds. The lowest BCUT2D eigenvalue weighted by molar-refractivity contribution is -0.148. The lowest BCUT2D eigenvalue weighted by Gasteiger charge is -2.31. The molecule has 4 rings (SSSR count). The third kappa shape index (κ3) is 6.04. The fraction of sp³-hybridized carbons (Fsp3) is 0.259. The van der Waals surface area contributed by atoms with Gasteiger partial charge in [0.1, 0.15) is 24.1 Å². The van der Waals surface area contributed by atoms with Crippen LogP contribution in [0.4, 0.5) is 9.18 Å². The van der Waals surface area contributed by atoms with Gasteiger partial charge in [-0.05, 0) is 53.8 Å². The number of esters is 1. The minimum absolute atomic E-state index is 0.113. The maximum Gasteiger partial charge on any atom is 0.341 e. The summed E-state index contributed by atoms with van der Waals surface area (Å²) in [4.78, 5) is 34.3. The number of aliphatic imine (C=N–C) groups is 1. The molecule has 1 aliphatic heterocycles. The molecule has 2 unspecified atom stereocenters. The van der Waals surface area contributed by atoms with Crippen LogP contribution in [-0.2, 0) is 22.6 Å². The van der Waals surface area contributed by atoms with Crippen molar-refractivity contribution >= 4 is 17.7 Å². The van der Waals surface area contributed by atoms with Crippen LogP contribution in [0.5, 0.6) is 11.6 Å². The summed E-state index contributed by atoms with van der Waals surface area (Å²) in [6, 6.07) is 15.5. The molecule has 0 spiro atoms. The molecule has 186 valence electrons. The van der Waals surface area contributed by atoms with Crippen LogP contribution in [0.2, 0.25) is 0 Å². The van der Waals surface area contributed by atoms with E-state index in [1.54, 1.807) is 37.6 Å². The second-order valence-electron chi connectivity index (χ2n) is 8.23. The largest absolute Gasteiger partial charge is 0.497 e. The quantitative estimate of drug-likeness (QED) is 0.445. The predicted molar refractivity (Wildman–Crippen MR) is 130 cm³/mol. The van der Waals surface area contributed by atoms with Crippen LogP contribution in [0.15, 0.2) is 71.9 Å². The van der Waals surface area contributed by atoms with E-state index < -0.39 is 29.8 Å². The molecule has 1 aliphatic rings. The summed E-state index contributed by atoms with van der Waals surface area (Å²) in [7, 11) is 3.09. The van der Waals surface area contributed by atoms with Crippen molar-refractivity contribution in [2.24, 2.45) is 10.9 Å². The molecule has 2 heterocycles. The first-order valence-electron chi connectivity index (χ1n) is 11.4. The van der Waals surface area contributed by atoms with Crippen LogP contribution in [-0.4, -0.2) is 36.9 Å². The Balaban J connectivity index is 1.60. The van der Waals surface area contributed by atoms with Gasteiger partial charge in [-0.2, -0.15) is 0 Å². The third-order valence-corrected chi connectivity index (χ3v) is 5.87. The molecule has 0 saturated heterocycles. The summed E-state index contributed by atoms with van der Waals surface area (Å²) < 4.78 is 29.6. The zero-order chi connectivity index (χ0) is 25.5. The maximum absolute atomic E-state index is 13.6. The van der Waals surface area contributed by atoms with Gasteiger partial charge >= 0.3 is 12.0 Å². The van der Waals surface area contributed by atoms with E-state index in [1.165, 1.54) is 19.2 Å². The molecule has 2 aromatic carbocycles. The highest BCUT2D eigenvalue weighted by molar-refractivity contribution is 6.09. The number of hydrogen-bond acceptors (Lipinski definition) is 6. The number of nitrogens with one attached hydrogen (secondary N) is 1. The van der Waals surface area contributed by atoms with Gasteiger partial charge in [0.15, 0.2) is 0 Å². The van der Waals surface area contributed by atoms with Gasteiger partial charge in [-0.1, -0.05) is 30.3 Å². The summed E-state index contributed by atoms with van der Waals surface area (Å²) in [6.07, 6.45) is 2.42. The van der Waals surface area contributed by atoms with Crippen molar-refractivity contribution in [1.29, 1.82) is 0 Å². The van der Waals surface area contributed by atoms with Crippen molar-refractivity contribution in [3.8, 4) is 11.6 Å². The molecule has 36 heavy (non-hydrogen) atoms. The van der Waals surface area contributed by atoms with Gasteiger partial charge < -0.3 is 19.5 Å². The SMILES string of the molecule is COc1cccc(CCC2=NC(=O)NC(c3ccc(OC)nc3)C2C(=O)OCc2cccc(F)c2)c1. The van der Waals surface area contributed by atoms with E-state index in [4.69, 9.17) is 14.2 Å². The minimum atomic E-state index is -0.892. The van der Waals surface area contributed by atoms with Gasteiger partial charge in [0.25, 0.3) is 0 Å². The summed E-state index contributed by atoms with van der Waals surface area (Å²) in [5, 5.41) is 2.77. The van der Waals surface area contributed by atoms with Crippen LogP contribution < -0.4 is 14.8 Å². The molecule has 0 saturated carbocycles. The number of halogens is 1. The standard InChI is InChI=1S/C27H26FN3O5/c1-34-21-8-4-5-17(14-21)9-11-22-24(26(32)36-16-18-6-3-7-20(28)13-18)25(31-27(33)30-22)19-10-12-23(35-2)29-15-19/h3-8,10,12-15,24-25H,9,11,16H2,1-2H3,(H,31,33). The number of urea groups is 1. The van der Waals surface area contributed by atoms with Crippen molar-refractivity contribution in [3.05, 3.63) is 89.4 Å². The van der Waals surface area contributed by atoms with E-state index in [-0.39, 0.29) is 6.61 Å². The Morgan fingerprint density at radius 3 is 2.53 bits per heavy atom. The number of rotatable bonds is 9. The Kier molecular flexibility index (Phi) is 7.89. The highest BCUT2D eigenvalue weighted by atomic mass is 19.1. The molecule has 0 bridgehead atoms. The second-order valence-corrected chi connectivity index (χ2v) is 8.23. The van der Waals surface area contributed by atoms with Crippen LogP contribution in [0, 0.1) is 11.7 Å². The zero-order valence-corrected chi connectivity index (χ0v) is 19.9. The van der Waals surface area contributed by atoms with Gasteiger partial charge in [0.2, 0.25) is 5.88 Å². The van der Waals surface area contributed by atoms with E-state index in [1.807, 2.05) is 24.3 Å². The number of carbonyl (C=O) groups is 2. The number of pyridine rings is 1. The van der Waals surface area contributed by atoms with E-state index in [0.29, 0.717) is 41.3 Å². The lowest BCUT2D eigenvalue weighted by atomic mass is 9.85. The van der Waals surface area contributed by atoms with E-state index in [0.717, 1.165) is 5.56 Å². The van der Waals surface area contributed by atoms with Crippen molar-refractivity contribution in [1.82, 2.24) is 10.3 Å². The molecule has 9 heteroatoms. The van der Waals surface area contributed by atoms with Crippen LogP contribution >= 0.6 is 0 Å². The molecule has 3 aromatic rings. The number of methoxy groups -OCH3 is 2. The van der Waals surface area contributed by atoms with Gasteiger partial charge in [-0.25, -0.2) is 19.2 Å². The van der Waals surface area contributed by atoms with Crippen LogP contribution in [0.25, 0.3) is 0 Å². The Hall–Kier alpha value is -4.27. The summed E-state index contributed by atoms with van der Waals surface area (Å²) in [5.74, 6) is -0.778. The molecule has 0 fully saturated rings. The van der Waals surface area contributed by atoms with Crippen molar-refractivity contribution < 1.29 is 28.2 Å². The zero-order valence-electron chi connectivity index (χ0n) is 19.9. The number of nitrogens with zero attached hydrogens (tertiary/aromatic N) is 2. The van der Waals surface area contributed by atoms with Crippen LogP contribution in [0.1, 0.15) is 29.2 Å². The van der Waals surface area contributed by atoms with Crippen molar-refractivity contribution in [2.75, 3.05) is 14.2 Å². The number of amides is 2. The number of hydrogen-bond donors (Lipinski definition) is 1. The molecule has 0 aliphatic carbocycles. The maximum atomic E-state index is 13.6. The molecular formula is C27H26FN3O5. The van der Waals surface area contributed by atoms with Crippen LogP contribution in [0.3, 0.4) is 0 Å². The third-order valence-electron chi connectivity index (χ3n) is 5.87. The van der Waals surface area contributed by atoms with Gasteiger partial charge in [-0.15, -0.1) is 0 Å².